The van der Waals surface area contributed by atoms with Gasteiger partial charge in [-0.25, -0.2) is 18.2 Å². The van der Waals surface area contributed by atoms with Crippen LogP contribution in [-0.4, -0.2) is 102 Å². The summed E-state index contributed by atoms with van der Waals surface area (Å²) in [6.45, 7) is 16.2. The Hall–Kier alpha value is -5.71. The highest BCUT2D eigenvalue weighted by atomic mass is 32.2. The number of hydrogen-bond donors (Lipinski definition) is 4. The summed E-state index contributed by atoms with van der Waals surface area (Å²) in [5.74, 6) is -2.70. The summed E-state index contributed by atoms with van der Waals surface area (Å²) < 4.78 is 45.3. The fourth-order valence-corrected chi connectivity index (χ4v) is 9.31. The highest BCUT2D eigenvalue weighted by Crippen LogP contribution is 2.47. The first-order valence-corrected chi connectivity index (χ1v) is 22.4. The molecule has 1 aliphatic heterocycles. The Labute approximate surface area is 362 Å². The average molecular weight is 875 g/mol. The number of pyridine rings is 1. The summed E-state index contributed by atoms with van der Waals surface area (Å²) in [5, 5.41) is 8.77. The molecule has 1 saturated heterocycles. The third kappa shape index (κ3) is 9.52. The van der Waals surface area contributed by atoms with Crippen molar-refractivity contribution in [2.24, 2.45) is 11.3 Å². The van der Waals surface area contributed by atoms with Gasteiger partial charge < -0.3 is 35.1 Å². The van der Waals surface area contributed by atoms with Gasteiger partial charge in [0.25, 0.3) is 5.91 Å². The summed E-state index contributed by atoms with van der Waals surface area (Å²) in [6, 6.07) is 14.2. The monoisotopic (exact) mass is 874 g/mol. The van der Waals surface area contributed by atoms with Gasteiger partial charge in [-0.3, -0.25) is 23.9 Å². The van der Waals surface area contributed by atoms with Crippen LogP contribution < -0.4 is 30.1 Å². The lowest BCUT2D eigenvalue weighted by molar-refractivity contribution is -0.143. The number of methoxy groups -OCH3 is 1. The van der Waals surface area contributed by atoms with Crippen LogP contribution in [0.5, 0.6) is 11.5 Å². The highest BCUT2D eigenvalue weighted by molar-refractivity contribution is 7.92. The van der Waals surface area contributed by atoms with Gasteiger partial charge in [0, 0.05) is 42.0 Å². The fraction of sp³-hybridized carbons (Fsp3) is 0.511. The van der Waals surface area contributed by atoms with Crippen LogP contribution in [0.25, 0.3) is 22.2 Å². The van der Waals surface area contributed by atoms with Crippen LogP contribution in [0.4, 0.5) is 4.79 Å². The number of nitrogens with one attached hydrogen (secondary N) is 4. The van der Waals surface area contributed by atoms with E-state index in [2.05, 4.69) is 27.3 Å². The summed E-state index contributed by atoms with van der Waals surface area (Å²) in [5.41, 5.74) is -1.46. The molecule has 6 rings (SSSR count). The number of sulfonamides is 1. The van der Waals surface area contributed by atoms with E-state index in [1.54, 1.807) is 66.9 Å². The van der Waals surface area contributed by atoms with Gasteiger partial charge >= 0.3 is 6.09 Å². The van der Waals surface area contributed by atoms with E-state index in [-0.39, 0.29) is 38.8 Å². The SMILES string of the molecule is C=CC1C[C@]1(NC(=O)[C@@H]1C[C@@H](Oc2cc(-c3ccccc3)nc3cc(OC)ccc23)CN1C(=O)[C@@H](NC(=O)OC(C)(C)C)C(C)(C)C)C(=O)NS(=O)(=O)C1(C(=O)NCCC)CC1. The largest absolute Gasteiger partial charge is 0.497 e. The van der Waals surface area contributed by atoms with Crippen LogP contribution in [0, 0.1) is 11.3 Å². The molecule has 16 nitrogen and oxygen atoms in total. The molecule has 3 aliphatic rings. The molecule has 334 valence electrons. The van der Waals surface area contributed by atoms with E-state index < -0.39 is 85.2 Å². The van der Waals surface area contributed by atoms with Gasteiger partial charge in [0.2, 0.25) is 27.7 Å². The van der Waals surface area contributed by atoms with E-state index in [0.717, 1.165) is 5.56 Å². The summed E-state index contributed by atoms with van der Waals surface area (Å²) >= 11 is 0. The lowest BCUT2D eigenvalue weighted by Crippen LogP contribution is -2.61. The van der Waals surface area contributed by atoms with Crippen LogP contribution in [0.3, 0.4) is 0 Å². The van der Waals surface area contributed by atoms with Gasteiger partial charge in [0.15, 0.2) is 4.75 Å². The van der Waals surface area contributed by atoms with Crippen molar-refractivity contribution in [3.05, 3.63) is 67.3 Å². The van der Waals surface area contributed by atoms with E-state index in [9.17, 15) is 32.4 Å². The van der Waals surface area contributed by atoms with Crippen molar-refractivity contribution in [2.45, 2.75) is 115 Å². The summed E-state index contributed by atoms with van der Waals surface area (Å²) in [7, 11) is -2.96. The number of ether oxygens (including phenoxy) is 3. The fourth-order valence-electron chi connectivity index (χ4n) is 7.73. The lowest BCUT2D eigenvalue weighted by Gasteiger charge is -2.36. The zero-order chi connectivity index (χ0) is 45.4. The second kappa shape index (κ2) is 17.2. The highest BCUT2D eigenvalue weighted by Gasteiger charge is 2.66. The maximum absolute atomic E-state index is 14.8. The topological polar surface area (TPSA) is 211 Å². The second-order valence-corrected chi connectivity index (χ2v) is 20.4. The van der Waals surface area contributed by atoms with Crippen LogP contribution >= 0.6 is 0 Å². The number of nitrogens with zero attached hydrogens (tertiary/aromatic N) is 2. The van der Waals surface area contributed by atoms with Crippen molar-refractivity contribution in [2.75, 3.05) is 20.2 Å². The van der Waals surface area contributed by atoms with E-state index in [1.165, 1.54) is 11.0 Å². The van der Waals surface area contributed by atoms with Gasteiger partial charge in [-0.15, -0.1) is 6.58 Å². The quantitative estimate of drug-likeness (QED) is 0.153. The van der Waals surface area contributed by atoms with Crippen LogP contribution in [-0.2, 0) is 33.9 Å². The average Bonchev–Trinajstić information content (AvgIpc) is 4.12. The number of alkyl carbamates (subject to hydrolysis) is 1. The molecule has 17 heteroatoms. The van der Waals surface area contributed by atoms with Crippen molar-refractivity contribution in [1.82, 2.24) is 30.6 Å². The van der Waals surface area contributed by atoms with E-state index in [0.29, 0.717) is 34.5 Å². The third-order valence-electron chi connectivity index (χ3n) is 11.4. The number of aromatic nitrogens is 1. The van der Waals surface area contributed by atoms with Gasteiger partial charge in [0.05, 0.1) is 24.9 Å². The predicted octanol–water partition coefficient (Wildman–Crippen LogP) is 4.76. The predicted molar refractivity (Wildman–Crippen MR) is 232 cm³/mol. The number of hydrogen-bond acceptors (Lipinski definition) is 11. The lowest BCUT2D eigenvalue weighted by atomic mass is 9.85. The number of benzene rings is 2. The third-order valence-corrected chi connectivity index (χ3v) is 13.5. The van der Waals surface area contributed by atoms with Crippen molar-refractivity contribution in [3.8, 4) is 22.8 Å². The van der Waals surface area contributed by atoms with Crippen LogP contribution in [0.2, 0.25) is 0 Å². The van der Waals surface area contributed by atoms with Gasteiger partial charge in [-0.1, -0.05) is 64.1 Å². The van der Waals surface area contributed by atoms with Crippen LogP contribution in [0.15, 0.2) is 67.3 Å². The molecule has 1 unspecified atom stereocenters. The Morgan fingerprint density at radius 1 is 1.00 bits per heavy atom. The van der Waals surface area contributed by atoms with Crippen molar-refractivity contribution in [1.29, 1.82) is 0 Å². The minimum absolute atomic E-state index is 0.0266. The molecular weight excluding hydrogens is 817 g/mol. The number of carbonyl (C=O) groups is 5. The Morgan fingerprint density at radius 3 is 2.27 bits per heavy atom. The molecule has 0 spiro atoms. The molecule has 0 radical (unpaired) electrons. The Balaban J connectivity index is 1.33. The number of amides is 5. The first-order valence-electron chi connectivity index (χ1n) is 20.9. The first-order chi connectivity index (χ1) is 29.1. The molecule has 1 aromatic heterocycles. The minimum Gasteiger partial charge on any atom is -0.497 e. The zero-order valence-corrected chi connectivity index (χ0v) is 37.4. The van der Waals surface area contributed by atoms with Crippen molar-refractivity contribution < 1.29 is 46.6 Å². The van der Waals surface area contributed by atoms with Gasteiger partial charge in [-0.05, 0) is 64.0 Å². The second-order valence-electron chi connectivity index (χ2n) is 18.4. The number of fused-ring (bicyclic) bond motifs is 1. The maximum Gasteiger partial charge on any atom is 0.408 e. The normalized spacial score (nSPS) is 22.1. The molecule has 5 atom stereocenters. The van der Waals surface area contributed by atoms with Crippen molar-refractivity contribution in [3.63, 3.8) is 0 Å². The molecule has 3 fully saturated rings. The molecule has 2 heterocycles. The van der Waals surface area contributed by atoms with E-state index >= 15 is 0 Å². The number of likely N-dealkylation sites (tertiary alicyclic amines) is 1. The summed E-state index contributed by atoms with van der Waals surface area (Å²) in [4.78, 5) is 75.8. The molecule has 62 heavy (non-hydrogen) atoms. The van der Waals surface area contributed by atoms with E-state index in [4.69, 9.17) is 19.2 Å². The van der Waals surface area contributed by atoms with Crippen LogP contribution in [0.1, 0.15) is 80.6 Å². The molecule has 2 saturated carbocycles. The standard InChI is InChI=1S/C45H58N6O10S/c1-10-21-46-39(54)44(19-20-44)62(57,58)50-40(55)45(25-28(45)11-2)49-37(52)34-23-30(26-51(34)38(53)36(42(3,4)5)48-41(56)61-43(6,7)8)60-35-24-32(27-15-13-12-14-16-27)47-33-22-29(59-9)17-18-31(33)35/h11-18,22,24,28,30,34,36H,2,10,19-21,23,25-26H2,1,3-9H3,(H,46,54)(H,48,56)(H,49,52)(H,50,55)/t28?,30-,34+,36-,45-/m1/s1. The number of rotatable bonds is 15. The smallest absolute Gasteiger partial charge is 0.408 e. The number of carbonyl (C=O) groups excluding carboxylic acids is 5. The Bertz CT molecular complexity index is 2360. The molecule has 5 amide bonds. The van der Waals surface area contributed by atoms with Gasteiger partial charge in [0.1, 0.15) is 40.8 Å². The Morgan fingerprint density at radius 2 is 1.69 bits per heavy atom. The zero-order valence-electron chi connectivity index (χ0n) is 36.6. The minimum atomic E-state index is -4.52. The molecule has 2 aromatic carbocycles. The van der Waals surface area contributed by atoms with Crippen molar-refractivity contribution >= 4 is 50.6 Å². The first kappa shape index (κ1) is 45.8. The van der Waals surface area contributed by atoms with E-state index in [1.807, 2.05) is 43.3 Å². The maximum atomic E-state index is 14.8. The molecule has 2 aliphatic carbocycles. The molecule has 3 aromatic rings. The molecule has 4 N–H and O–H groups in total. The van der Waals surface area contributed by atoms with Gasteiger partial charge in [-0.2, -0.15) is 0 Å². The molecular formula is C45H58N6O10S. The Kier molecular flexibility index (Phi) is 12.7. The molecule has 0 bridgehead atoms. The summed E-state index contributed by atoms with van der Waals surface area (Å²) in [6.07, 6.45) is 0.481.